The Morgan fingerprint density at radius 3 is 2.44 bits per heavy atom. The van der Waals surface area contributed by atoms with Crippen LogP contribution in [0.4, 0.5) is 0 Å². The third kappa shape index (κ3) is 1.76. The lowest BCUT2D eigenvalue weighted by molar-refractivity contribution is -0.138. The minimum atomic E-state index is -0.293. The van der Waals surface area contributed by atoms with E-state index in [1.165, 1.54) is 14.2 Å². The largest absolute Gasteiger partial charge is 0.466 e. The molecule has 4 nitrogen and oxygen atoms in total. The standard InChI is InChI=1S/C14H18O4/c1-8-5-6-9(12(15)17-3)14(2)7-10(14)11(8)13(16)18-4/h6,10H,5,7H2,1-4H3/t10-,14+/m1/s1. The number of hydrogen-bond acceptors (Lipinski definition) is 4. The van der Waals surface area contributed by atoms with Crippen LogP contribution in [0, 0.1) is 11.3 Å². The molecule has 0 aliphatic heterocycles. The zero-order valence-corrected chi connectivity index (χ0v) is 11.2. The van der Waals surface area contributed by atoms with E-state index in [1.807, 2.05) is 19.9 Å². The fourth-order valence-electron chi connectivity index (χ4n) is 2.83. The Kier molecular flexibility index (Phi) is 3.05. The van der Waals surface area contributed by atoms with Gasteiger partial charge in [-0.1, -0.05) is 18.6 Å². The van der Waals surface area contributed by atoms with Crippen LogP contribution in [0.25, 0.3) is 0 Å². The summed E-state index contributed by atoms with van der Waals surface area (Å²) in [5.74, 6) is -0.488. The lowest BCUT2D eigenvalue weighted by Gasteiger charge is -2.13. The molecule has 1 saturated carbocycles. The van der Waals surface area contributed by atoms with E-state index >= 15 is 0 Å². The van der Waals surface area contributed by atoms with Crippen LogP contribution >= 0.6 is 0 Å². The lowest BCUT2D eigenvalue weighted by Crippen LogP contribution is -2.17. The highest BCUT2D eigenvalue weighted by atomic mass is 16.5. The molecule has 0 spiro atoms. The number of carbonyl (C=O) groups excluding carboxylic acids is 2. The van der Waals surface area contributed by atoms with E-state index in [0.29, 0.717) is 12.0 Å². The monoisotopic (exact) mass is 250 g/mol. The van der Waals surface area contributed by atoms with Crippen LogP contribution in [0.2, 0.25) is 0 Å². The Bertz CT molecular complexity index is 472. The molecule has 0 N–H and O–H groups in total. The molecule has 2 aliphatic rings. The fraction of sp³-hybridized carbons (Fsp3) is 0.571. The molecule has 2 atom stereocenters. The van der Waals surface area contributed by atoms with Gasteiger partial charge in [0.25, 0.3) is 0 Å². The summed E-state index contributed by atoms with van der Waals surface area (Å²) < 4.78 is 9.67. The second kappa shape index (κ2) is 4.26. The Balaban J connectivity index is 2.37. The van der Waals surface area contributed by atoms with E-state index in [4.69, 9.17) is 9.47 Å². The Morgan fingerprint density at radius 2 is 1.89 bits per heavy atom. The van der Waals surface area contributed by atoms with Crippen LogP contribution in [-0.2, 0) is 19.1 Å². The molecule has 0 bridgehead atoms. The molecule has 2 rings (SSSR count). The van der Waals surface area contributed by atoms with Crippen molar-refractivity contribution in [2.45, 2.75) is 26.7 Å². The van der Waals surface area contributed by atoms with Gasteiger partial charge >= 0.3 is 11.9 Å². The minimum Gasteiger partial charge on any atom is -0.466 e. The van der Waals surface area contributed by atoms with Gasteiger partial charge in [0.2, 0.25) is 0 Å². The predicted octanol–water partition coefficient (Wildman–Crippen LogP) is 2.01. The van der Waals surface area contributed by atoms with Gasteiger partial charge in [-0.25, -0.2) is 9.59 Å². The topological polar surface area (TPSA) is 52.6 Å². The number of fused-ring (bicyclic) bond motifs is 1. The number of carbonyl (C=O) groups is 2. The summed E-state index contributed by atoms with van der Waals surface area (Å²) in [6, 6.07) is 0. The van der Waals surface area contributed by atoms with Gasteiger partial charge in [-0.05, 0) is 19.8 Å². The zero-order chi connectivity index (χ0) is 13.5. The van der Waals surface area contributed by atoms with Gasteiger partial charge < -0.3 is 9.47 Å². The second-order valence-electron chi connectivity index (χ2n) is 5.17. The highest BCUT2D eigenvalue weighted by Crippen LogP contribution is 2.63. The highest BCUT2D eigenvalue weighted by Gasteiger charge is 2.59. The number of allylic oxidation sites excluding steroid dienone is 2. The minimum absolute atomic E-state index is 0.0813. The van der Waals surface area contributed by atoms with Crippen molar-refractivity contribution in [2.24, 2.45) is 11.3 Å². The molecule has 0 aromatic rings. The predicted molar refractivity (Wildman–Crippen MR) is 65.6 cm³/mol. The molecule has 0 aromatic carbocycles. The number of ether oxygens (including phenoxy) is 2. The summed E-state index contributed by atoms with van der Waals surface area (Å²) in [7, 11) is 2.78. The van der Waals surface area contributed by atoms with Crippen LogP contribution in [-0.4, -0.2) is 26.2 Å². The number of esters is 2. The van der Waals surface area contributed by atoms with Crippen LogP contribution in [0.15, 0.2) is 22.8 Å². The van der Waals surface area contributed by atoms with E-state index in [9.17, 15) is 9.59 Å². The molecule has 0 radical (unpaired) electrons. The number of methoxy groups -OCH3 is 2. The average Bonchev–Trinajstić information content (AvgIpc) is 3.01. The first-order valence-corrected chi connectivity index (χ1v) is 6.02. The highest BCUT2D eigenvalue weighted by molar-refractivity contribution is 5.95. The third-order valence-corrected chi connectivity index (χ3v) is 4.08. The maximum atomic E-state index is 11.8. The summed E-state index contributed by atoms with van der Waals surface area (Å²) in [5.41, 5.74) is 2.13. The van der Waals surface area contributed by atoms with Crippen molar-refractivity contribution in [1.82, 2.24) is 0 Å². The van der Waals surface area contributed by atoms with Gasteiger partial charge in [-0.3, -0.25) is 0 Å². The van der Waals surface area contributed by atoms with Crippen LogP contribution in [0.1, 0.15) is 26.7 Å². The molecule has 18 heavy (non-hydrogen) atoms. The average molecular weight is 250 g/mol. The van der Waals surface area contributed by atoms with Gasteiger partial charge in [0.1, 0.15) is 0 Å². The van der Waals surface area contributed by atoms with E-state index in [2.05, 4.69) is 0 Å². The van der Waals surface area contributed by atoms with Crippen LogP contribution < -0.4 is 0 Å². The van der Waals surface area contributed by atoms with Crippen molar-refractivity contribution in [3.63, 3.8) is 0 Å². The van der Waals surface area contributed by atoms with Crippen LogP contribution in [0.3, 0.4) is 0 Å². The molecular formula is C14H18O4. The van der Waals surface area contributed by atoms with E-state index < -0.39 is 0 Å². The molecule has 98 valence electrons. The molecule has 1 fully saturated rings. The summed E-state index contributed by atoms with van der Waals surface area (Å²) in [6.45, 7) is 3.92. The molecule has 0 unspecified atom stereocenters. The fourth-order valence-corrected chi connectivity index (χ4v) is 2.83. The summed E-state index contributed by atoms with van der Waals surface area (Å²) in [4.78, 5) is 23.6. The van der Waals surface area contributed by atoms with Gasteiger partial charge in [-0.15, -0.1) is 0 Å². The number of rotatable bonds is 2. The summed E-state index contributed by atoms with van der Waals surface area (Å²) >= 11 is 0. The molecule has 0 aromatic heterocycles. The quantitative estimate of drug-likeness (QED) is 0.703. The third-order valence-electron chi connectivity index (χ3n) is 4.08. The SMILES string of the molecule is COC(=O)C1=CCC(C)=C(C(=O)OC)[C@H]2C[C@@]12C. The summed E-state index contributed by atoms with van der Waals surface area (Å²) in [5, 5.41) is 0. The Labute approximate surface area is 107 Å². The molecule has 2 aliphatic carbocycles. The smallest absolute Gasteiger partial charge is 0.333 e. The van der Waals surface area contributed by atoms with Crippen LogP contribution in [0.5, 0.6) is 0 Å². The van der Waals surface area contributed by atoms with Gasteiger partial charge in [0.15, 0.2) is 0 Å². The van der Waals surface area contributed by atoms with Gasteiger partial charge in [0.05, 0.1) is 14.2 Å². The first-order chi connectivity index (χ1) is 8.45. The maximum absolute atomic E-state index is 11.8. The summed E-state index contributed by atoms with van der Waals surface area (Å²) in [6.07, 6.45) is 3.29. The van der Waals surface area contributed by atoms with Crippen molar-refractivity contribution in [2.75, 3.05) is 14.2 Å². The first kappa shape index (κ1) is 12.9. The molecular weight excluding hydrogens is 232 g/mol. The lowest BCUT2D eigenvalue weighted by atomic mass is 9.93. The normalized spacial score (nSPS) is 30.0. The van der Waals surface area contributed by atoms with Crippen molar-refractivity contribution >= 4 is 11.9 Å². The molecule has 0 heterocycles. The zero-order valence-electron chi connectivity index (χ0n) is 11.2. The maximum Gasteiger partial charge on any atom is 0.333 e. The molecule has 0 saturated heterocycles. The first-order valence-electron chi connectivity index (χ1n) is 6.02. The van der Waals surface area contributed by atoms with Gasteiger partial charge in [-0.2, -0.15) is 0 Å². The Morgan fingerprint density at radius 1 is 1.28 bits per heavy atom. The van der Waals surface area contributed by atoms with Crippen molar-refractivity contribution < 1.29 is 19.1 Å². The van der Waals surface area contributed by atoms with Crippen molar-refractivity contribution in [3.05, 3.63) is 22.8 Å². The van der Waals surface area contributed by atoms with Crippen molar-refractivity contribution in [1.29, 1.82) is 0 Å². The van der Waals surface area contributed by atoms with Crippen molar-refractivity contribution in [3.8, 4) is 0 Å². The molecule has 0 amide bonds. The van der Waals surface area contributed by atoms with E-state index in [1.54, 1.807) is 0 Å². The number of hydrogen-bond donors (Lipinski definition) is 0. The van der Waals surface area contributed by atoms with Gasteiger partial charge in [0, 0.05) is 22.5 Å². The molecule has 4 heteroatoms. The van der Waals surface area contributed by atoms with E-state index in [-0.39, 0.29) is 23.3 Å². The second-order valence-corrected chi connectivity index (χ2v) is 5.17. The Hall–Kier alpha value is -1.58. The van der Waals surface area contributed by atoms with E-state index in [0.717, 1.165) is 17.6 Å².